The van der Waals surface area contributed by atoms with Crippen LogP contribution in [0, 0.1) is 0 Å². The standard InChI is InChI=1S/C10H13NOS/c1-4-13-9-8(1)5-11-6-10(9)2-3-12-7-10/h1,4,11H,2-3,5-7H2. The molecule has 1 N–H and O–H groups in total. The molecule has 0 aromatic carbocycles. The van der Waals surface area contributed by atoms with E-state index in [0.29, 0.717) is 5.41 Å². The summed E-state index contributed by atoms with van der Waals surface area (Å²) in [4.78, 5) is 1.57. The normalized spacial score (nSPS) is 32.3. The van der Waals surface area contributed by atoms with Gasteiger partial charge in [0.15, 0.2) is 0 Å². The van der Waals surface area contributed by atoms with Gasteiger partial charge >= 0.3 is 0 Å². The lowest BCUT2D eigenvalue weighted by Gasteiger charge is -2.32. The van der Waals surface area contributed by atoms with Gasteiger partial charge in [0, 0.05) is 30.0 Å². The van der Waals surface area contributed by atoms with Crippen molar-refractivity contribution in [3.8, 4) is 0 Å². The topological polar surface area (TPSA) is 21.3 Å². The molecule has 13 heavy (non-hydrogen) atoms. The first-order chi connectivity index (χ1) is 6.41. The van der Waals surface area contributed by atoms with Crippen molar-refractivity contribution in [2.24, 2.45) is 0 Å². The molecule has 3 heterocycles. The quantitative estimate of drug-likeness (QED) is 0.677. The maximum Gasteiger partial charge on any atom is 0.0584 e. The fourth-order valence-electron chi connectivity index (χ4n) is 2.38. The van der Waals surface area contributed by atoms with Crippen LogP contribution in [0.3, 0.4) is 0 Å². The summed E-state index contributed by atoms with van der Waals surface area (Å²) in [6.45, 7) is 3.98. The van der Waals surface area contributed by atoms with E-state index < -0.39 is 0 Å². The molecule has 1 unspecified atom stereocenters. The van der Waals surface area contributed by atoms with E-state index in [-0.39, 0.29) is 0 Å². The molecule has 1 atom stereocenters. The van der Waals surface area contributed by atoms with E-state index >= 15 is 0 Å². The summed E-state index contributed by atoms with van der Waals surface area (Å²) in [5.74, 6) is 0. The first-order valence-electron chi connectivity index (χ1n) is 4.76. The van der Waals surface area contributed by atoms with Gasteiger partial charge < -0.3 is 10.1 Å². The summed E-state index contributed by atoms with van der Waals surface area (Å²) >= 11 is 1.90. The summed E-state index contributed by atoms with van der Waals surface area (Å²) in [5.41, 5.74) is 1.81. The third-order valence-electron chi connectivity index (χ3n) is 3.11. The number of thiophene rings is 1. The van der Waals surface area contributed by atoms with E-state index in [1.807, 2.05) is 11.3 Å². The fourth-order valence-corrected chi connectivity index (χ4v) is 3.53. The minimum absolute atomic E-state index is 0.321. The largest absolute Gasteiger partial charge is 0.380 e. The van der Waals surface area contributed by atoms with Gasteiger partial charge in [-0.05, 0) is 23.4 Å². The smallest absolute Gasteiger partial charge is 0.0584 e. The Morgan fingerprint density at radius 2 is 2.54 bits per heavy atom. The van der Waals surface area contributed by atoms with Crippen molar-refractivity contribution in [1.82, 2.24) is 5.32 Å². The zero-order chi connectivity index (χ0) is 8.73. The molecule has 0 amide bonds. The van der Waals surface area contributed by atoms with Crippen LogP contribution in [-0.2, 0) is 16.7 Å². The lowest BCUT2D eigenvalue weighted by atomic mass is 9.81. The predicted octanol–water partition coefficient (Wildman–Crippen LogP) is 1.51. The zero-order valence-corrected chi connectivity index (χ0v) is 8.32. The Balaban J connectivity index is 2.08. The Bertz CT molecular complexity index is 314. The van der Waals surface area contributed by atoms with Crippen LogP contribution in [0.1, 0.15) is 16.9 Å². The predicted molar refractivity (Wildman–Crippen MR) is 53.1 cm³/mol. The molecular formula is C10H13NOS. The number of hydrogen-bond donors (Lipinski definition) is 1. The Labute approximate surface area is 81.9 Å². The summed E-state index contributed by atoms with van der Waals surface area (Å²) < 4.78 is 5.53. The van der Waals surface area contributed by atoms with Crippen LogP contribution in [0.4, 0.5) is 0 Å². The molecule has 0 aliphatic carbocycles. The van der Waals surface area contributed by atoms with Crippen LogP contribution < -0.4 is 5.32 Å². The number of nitrogens with one attached hydrogen (secondary N) is 1. The van der Waals surface area contributed by atoms with Gasteiger partial charge in [-0.3, -0.25) is 0 Å². The van der Waals surface area contributed by atoms with Crippen LogP contribution in [0.15, 0.2) is 11.4 Å². The highest BCUT2D eigenvalue weighted by Crippen LogP contribution is 2.40. The average molecular weight is 195 g/mol. The van der Waals surface area contributed by atoms with Crippen molar-refractivity contribution in [1.29, 1.82) is 0 Å². The molecule has 70 valence electrons. The van der Waals surface area contributed by atoms with Crippen LogP contribution in [0.2, 0.25) is 0 Å². The van der Waals surface area contributed by atoms with Crippen LogP contribution in [-0.4, -0.2) is 19.8 Å². The van der Waals surface area contributed by atoms with E-state index in [1.54, 1.807) is 4.88 Å². The third kappa shape index (κ3) is 1.08. The zero-order valence-electron chi connectivity index (χ0n) is 7.51. The minimum Gasteiger partial charge on any atom is -0.380 e. The Morgan fingerprint density at radius 3 is 3.38 bits per heavy atom. The molecule has 1 spiro atoms. The highest BCUT2D eigenvalue weighted by molar-refractivity contribution is 7.10. The van der Waals surface area contributed by atoms with Crippen molar-refractivity contribution in [2.75, 3.05) is 19.8 Å². The molecule has 2 aliphatic rings. The molecule has 3 rings (SSSR count). The molecule has 1 saturated heterocycles. The molecule has 3 heteroatoms. The van der Waals surface area contributed by atoms with E-state index in [4.69, 9.17) is 4.74 Å². The second-order valence-corrected chi connectivity index (χ2v) is 4.88. The third-order valence-corrected chi connectivity index (χ3v) is 4.31. The molecule has 0 bridgehead atoms. The summed E-state index contributed by atoms with van der Waals surface area (Å²) in [5, 5.41) is 5.69. The number of fused-ring (bicyclic) bond motifs is 2. The maximum atomic E-state index is 5.53. The van der Waals surface area contributed by atoms with E-state index in [2.05, 4.69) is 16.8 Å². The van der Waals surface area contributed by atoms with Crippen LogP contribution >= 0.6 is 11.3 Å². The molecule has 1 aromatic rings. The SMILES string of the molecule is c1cc2c(s1)C1(CCOC1)CNC2. The van der Waals surface area contributed by atoms with Gasteiger partial charge in [-0.2, -0.15) is 0 Å². The summed E-state index contributed by atoms with van der Waals surface area (Å²) in [7, 11) is 0. The van der Waals surface area contributed by atoms with E-state index in [1.165, 1.54) is 12.0 Å². The second-order valence-electron chi connectivity index (χ2n) is 3.96. The highest BCUT2D eigenvalue weighted by atomic mass is 32.1. The van der Waals surface area contributed by atoms with Crippen molar-refractivity contribution in [3.05, 3.63) is 21.9 Å². The molecule has 1 aromatic heterocycles. The van der Waals surface area contributed by atoms with Crippen LogP contribution in [0.5, 0.6) is 0 Å². The molecular weight excluding hydrogens is 182 g/mol. The van der Waals surface area contributed by atoms with Crippen molar-refractivity contribution in [2.45, 2.75) is 18.4 Å². The van der Waals surface area contributed by atoms with Gasteiger partial charge in [-0.15, -0.1) is 11.3 Å². The Kier molecular flexibility index (Phi) is 1.72. The molecule has 2 aliphatic heterocycles. The van der Waals surface area contributed by atoms with Crippen molar-refractivity contribution < 1.29 is 4.74 Å². The molecule has 0 radical (unpaired) electrons. The molecule has 2 nitrogen and oxygen atoms in total. The average Bonchev–Trinajstić information content (AvgIpc) is 2.74. The van der Waals surface area contributed by atoms with Gasteiger partial charge in [0.25, 0.3) is 0 Å². The van der Waals surface area contributed by atoms with Crippen LogP contribution in [0.25, 0.3) is 0 Å². The van der Waals surface area contributed by atoms with Gasteiger partial charge in [-0.25, -0.2) is 0 Å². The Morgan fingerprint density at radius 1 is 1.54 bits per heavy atom. The number of ether oxygens (including phenoxy) is 1. The van der Waals surface area contributed by atoms with E-state index in [0.717, 1.165) is 26.3 Å². The van der Waals surface area contributed by atoms with Gasteiger partial charge in [-0.1, -0.05) is 0 Å². The van der Waals surface area contributed by atoms with Crippen molar-refractivity contribution in [3.63, 3.8) is 0 Å². The van der Waals surface area contributed by atoms with E-state index in [9.17, 15) is 0 Å². The first kappa shape index (κ1) is 7.97. The second kappa shape index (κ2) is 2.80. The molecule has 1 fully saturated rings. The lowest BCUT2D eigenvalue weighted by Crippen LogP contribution is -2.42. The molecule has 0 saturated carbocycles. The fraction of sp³-hybridized carbons (Fsp3) is 0.600. The van der Waals surface area contributed by atoms with Gasteiger partial charge in [0.05, 0.1) is 6.61 Å². The number of rotatable bonds is 0. The Hall–Kier alpha value is -0.380. The summed E-state index contributed by atoms with van der Waals surface area (Å²) in [6.07, 6.45) is 1.19. The minimum atomic E-state index is 0.321. The lowest BCUT2D eigenvalue weighted by molar-refractivity contribution is 0.174. The van der Waals surface area contributed by atoms with Crippen molar-refractivity contribution >= 4 is 11.3 Å². The van der Waals surface area contributed by atoms with Gasteiger partial charge in [0.1, 0.15) is 0 Å². The highest BCUT2D eigenvalue weighted by Gasteiger charge is 2.40. The van der Waals surface area contributed by atoms with Gasteiger partial charge in [0.2, 0.25) is 0 Å². The first-order valence-corrected chi connectivity index (χ1v) is 5.64. The maximum absolute atomic E-state index is 5.53. The number of hydrogen-bond acceptors (Lipinski definition) is 3. The monoisotopic (exact) mass is 195 g/mol. The summed E-state index contributed by atoms with van der Waals surface area (Å²) in [6, 6.07) is 2.24.